The van der Waals surface area contributed by atoms with E-state index >= 15 is 0 Å². The van der Waals surface area contributed by atoms with E-state index in [4.69, 9.17) is 9.84 Å². The SMILES string of the molecule is CC(=O)c1cccc(OC(C)C(=O)NCc2cn(CC(=O)O)nn2)c1. The Labute approximate surface area is 143 Å². The molecule has 1 heterocycles. The summed E-state index contributed by atoms with van der Waals surface area (Å²) >= 11 is 0. The molecule has 0 aliphatic rings. The van der Waals surface area contributed by atoms with Crippen molar-refractivity contribution in [2.45, 2.75) is 33.0 Å². The van der Waals surface area contributed by atoms with Gasteiger partial charge in [-0.05, 0) is 26.0 Å². The minimum atomic E-state index is -1.03. The van der Waals surface area contributed by atoms with Gasteiger partial charge in [0.2, 0.25) is 0 Å². The smallest absolute Gasteiger partial charge is 0.325 e. The normalized spacial score (nSPS) is 11.6. The fourth-order valence-electron chi connectivity index (χ4n) is 2.00. The number of hydrogen-bond acceptors (Lipinski definition) is 6. The molecule has 0 radical (unpaired) electrons. The second-order valence-electron chi connectivity index (χ2n) is 5.36. The van der Waals surface area contributed by atoms with E-state index in [9.17, 15) is 14.4 Å². The Morgan fingerprint density at radius 3 is 2.80 bits per heavy atom. The van der Waals surface area contributed by atoms with Crippen molar-refractivity contribution in [2.75, 3.05) is 0 Å². The van der Waals surface area contributed by atoms with Crippen molar-refractivity contribution in [2.24, 2.45) is 0 Å². The highest BCUT2D eigenvalue weighted by Gasteiger charge is 2.15. The Balaban J connectivity index is 1.88. The van der Waals surface area contributed by atoms with Crippen molar-refractivity contribution in [3.63, 3.8) is 0 Å². The van der Waals surface area contributed by atoms with E-state index in [1.807, 2.05) is 0 Å². The number of carboxylic acids is 1. The topological polar surface area (TPSA) is 123 Å². The zero-order valence-electron chi connectivity index (χ0n) is 13.8. The third kappa shape index (κ3) is 5.41. The van der Waals surface area contributed by atoms with Gasteiger partial charge in [-0.2, -0.15) is 0 Å². The molecule has 2 rings (SSSR count). The van der Waals surface area contributed by atoms with Crippen LogP contribution >= 0.6 is 0 Å². The van der Waals surface area contributed by atoms with Gasteiger partial charge >= 0.3 is 5.97 Å². The summed E-state index contributed by atoms with van der Waals surface area (Å²) in [5.41, 5.74) is 0.931. The molecule has 2 N–H and O–H groups in total. The van der Waals surface area contributed by atoms with E-state index < -0.39 is 12.1 Å². The Morgan fingerprint density at radius 2 is 2.12 bits per heavy atom. The van der Waals surface area contributed by atoms with Crippen LogP contribution in [0.1, 0.15) is 29.9 Å². The van der Waals surface area contributed by atoms with Crippen molar-refractivity contribution in [3.05, 3.63) is 41.7 Å². The molecule has 0 spiro atoms. The number of carbonyl (C=O) groups excluding carboxylic acids is 2. The van der Waals surface area contributed by atoms with Crippen LogP contribution in [0.25, 0.3) is 0 Å². The van der Waals surface area contributed by atoms with E-state index in [0.29, 0.717) is 17.0 Å². The molecule has 1 unspecified atom stereocenters. The number of nitrogens with zero attached hydrogens (tertiary/aromatic N) is 3. The Bertz CT molecular complexity index is 786. The first kappa shape index (κ1) is 18.1. The van der Waals surface area contributed by atoms with Crippen molar-refractivity contribution in [3.8, 4) is 5.75 Å². The number of nitrogens with one attached hydrogen (secondary N) is 1. The predicted octanol–water partition coefficient (Wildman–Crippen LogP) is 0.649. The van der Waals surface area contributed by atoms with Crippen LogP contribution in [-0.2, 0) is 22.7 Å². The lowest BCUT2D eigenvalue weighted by molar-refractivity contribution is -0.138. The van der Waals surface area contributed by atoms with Crippen LogP contribution in [0.5, 0.6) is 5.75 Å². The van der Waals surface area contributed by atoms with Crippen LogP contribution in [0.2, 0.25) is 0 Å². The number of rotatable bonds is 8. The molecule has 9 heteroatoms. The van der Waals surface area contributed by atoms with Gasteiger partial charge in [-0.25, -0.2) is 4.68 Å². The number of carboxylic acid groups (broad SMARTS) is 1. The van der Waals surface area contributed by atoms with Gasteiger partial charge < -0.3 is 15.2 Å². The van der Waals surface area contributed by atoms with Crippen molar-refractivity contribution in [1.82, 2.24) is 20.3 Å². The van der Waals surface area contributed by atoms with Crippen LogP contribution in [-0.4, -0.2) is 43.9 Å². The summed E-state index contributed by atoms with van der Waals surface area (Å²) < 4.78 is 6.69. The molecule has 0 fully saturated rings. The summed E-state index contributed by atoms with van der Waals surface area (Å²) in [6, 6.07) is 6.58. The van der Waals surface area contributed by atoms with Crippen LogP contribution in [0.4, 0.5) is 0 Å². The summed E-state index contributed by atoms with van der Waals surface area (Å²) in [7, 11) is 0. The maximum Gasteiger partial charge on any atom is 0.325 e. The minimum absolute atomic E-state index is 0.0907. The number of benzene rings is 1. The first-order chi connectivity index (χ1) is 11.8. The summed E-state index contributed by atoms with van der Waals surface area (Å²) in [6.07, 6.45) is 0.660. The molecule has 2 aromatic rings. The number of ketones is 1. The van der Waals surface area contributed by atoms with Gasteiger partial charge in [-0.1, -0.05) is 17.3 Å². The quantitative estimate of drug-likeness (QED) is 0.673. The molecule has 1 aromatic carbocycles. The van der Waals surface area contributed by atoms with Gasteiger partial charge in [0.15, 0.2) is 11.9 Å². The number of carbonyl (C=O) groups is 3. The Kier molecular flexibility index (Phi) is 5.83. The molecule has 0 aliphatic heterocycles. The maximum absolute atomic E-state index is 12.1. The standard InChI is InChI=1S/C16H18N4O5/c1-10(21)12-4-3-5-14(6-12)25-11(2)16(24)17-7-13-8-20(19-18-13)9-15(22)23/h3-6,8,11H,7,9H2,1-2H3,(H,17,24)(H,22,23). The summed E-state index contributed by atoms with van der Waals surface area (Å²) in [5, 5.41) is 18.7. The molecule has 132 valence electrons. The molecule has 0 bridgehead atoms. The lowest BCUT2D eigenvalue weighted by Gasteiger charge is -2.14. The van der Waals surface area contributed by atoms with E-state index in [1.54, 1.807) is 31.2 Å². The van der Waals surface area contributed by atoms with E-state index in [-0.39, 0.29) is 24.8 Å². The number of ether oxygens (including phenoxy) is 1. The fourth-order valence-corrected chi connectivity index (χ4v) is 2.00. The van der Waals surface area contributed by atoms with Crippen LogP contribution in [0, 0.1) is 0 Å². The van der Waals surface area contributed by atoms with Gasteiger partial charge in [0.05, 0.1) is 12.7 Å². The number of Topliss-reactive ketones (excluding diaryl/α,β-unsaturated/α-hetero) is 1. The number of hydrogen-bond donors (Lipinski definition) is 2. The van der Waals surface area contributed by atoms with Crippen LogP contribution in [0.3, 0.4) is 0 Å². The number of aliphatic carboxylic acids is 1. The predicted molar refractivity (Wildman–Crippen MR) is 86.0 cm³/mol. The molecule has 0 aliphatic carbocycles. The largest absolute Gasteiger partial charge is 0.481 e. The third-order valence-electron chi connectivity index (χ3n) is 3.25. The molecule has 1 amide bonds. The molecule has 0 saturated carbocycles. The van der Waals surface area contributed by atoms with Gasteiger partial charge in [-0.3, -0.25) is 14.4 Å². The van der Waals surface area contributed by atoms with Crippen molar-refractivity contribution in [1.29, 1.82) is 0 Å². The van der Waals surface area contributed by atoms with E-state index in [1.165, 1.54) is 13.1 Å². The summed E-state index contributed by atoms with van der Waals surface area (Å²) in [4.78, 5) is 34.0. The highest BCUT2D eigenvalue weighted by atomic mass is 16.5. The second kappa shape index (κ2) is 8.04. The lowest BCUT2D eigenvalue weighted by Crippen LogP contribution is -2.36. The second-order valence-corrected chi connectivity index (χ2v) is 5.36. The van der Waals surface area contributed by atoms with Gasteiger partial charge in [0.1, 0.15) is 18.0 Å². The van der Waals surface area contributed by atoms with Gasteiger partial charge in [0.25, 0.3) is 5.91 Å². The monoisotopic (exact) mass is 346 g/mol. The number of aromatic nitrogens is 3. The van der Waals surface area contributed by atoms with Crippen molar-refractivity contribution >= 4 is 17.7 Å². The highest BCUT2D eigenvalue weighted by molar-refractivity contribution is 5.94. The summed E-state index contributed by atoms with van der Waals surface area (Å²) in [6.45, 7) is 2.83. The molecule has 1 aromatic heterocycles. The molecule has 25 heavy (non-hydrogen) atoms. The van der Waals surface area contributed by atoms with Gasteiger partial charge in [0, 0.05) is 5.56 Å². The van der Waals surface area contributed by atoms with Gasteiger partial charge in [-0.15, -0.1) is 5.10 Å². The lowest BCUT2D eigenvalue weighted by atomic mass is 10.1. The van der Waals surface area contributed by atoms with Crippen molar-refractivity contribution < 1.29 is 24.2 Å². The van der Waals surface area contributed by atoms with E-state index in [0.717, 1.165) is 4.68 Å². The number of amides is 1. The molecular weight excluding hydrogens is 328 g/mol. The average molecular weight is 346 g/mol. The maximum atomic E-state index is 12.1. The van der Waals surface area contributed by atoms with Crippen LogP contribution < -0.4 is 10.1 Å². The zero-order valence-corrected chi connectivity index (χ0v) is 13.8. The molecule has 9 nitrogen and oxygen atoms in total. The highest BCUT2D eigenvalue weighted by Crippen LogP contribution is 2.15. The molecular formula is C16H18N4O5. The molecule has 1 atom stereocenters. The van der Waals surface area contributed by atoms with Crippen LogP contribution in [0.15, 0.2) is 30.5 Å². The minimum Gasteiger partial charge on any atom is -0.481 e. The zero-order chi connectivity index (χ0) is 18.4. The first-order valence-electron chi connectivity index (χ1n) is 7.51. The average Bonchev–Trinajstić information content (AvgIpc) is 2.99. The Morgan fingerprint density at radius 1 is 1.36 bits per heavy atom. The third-order valence-corrected chi connectivity index (χ3v) is 3.25. The van der Waals surface area contributed by atoms with E-state index in [2.05, 4.69) is 15.6 Å². The first-order valence-corrected chi connectivity index (χ1v) is 7.51. The summed E-state index contributed by atoms with van der Waals surface area (Å²) in [5.74, 6) is -1.08. The molecule has 0 saturated heterocycles. The Hall–Kier alpha value is -3.23. The fraction of sp³-hybridized carbons (Fsp3) is 0.312.